The summed E-state index contributed by atoms with van der Waals surface area (Å²) in [6.45, 7) is 0.563. The number of halogens is 2. The molecule has 4 aromatic carbocycles. The van der Waals surface area contributed by atoms with Crippen LogP contribution in [-0.4, -0.2) is 36.3 Å². The Morgan fingerprint density at radius 2 is 1.57 bits per heavy atom. The Morgan fingerprint density at radius 3 is 2.20 bits per heavy atom. The first kappa shape index (κ1) is 26.0. The second kappa shape index (κ2) is 11.1. The van der Waals surface area contributed by atoms with Gasteiger partial charge in [-0.25, -0.2) is 13.6 Å². The molecule has 1 unspecified atom stereocenters. The first-order valence-electron chi connectivity index (χ1n) is 13.4. The minimum atomic E-state index is -0.648. The van der Waals surface area contributed by atoms with Crippen molar-refractivity contribution in [3.05, 3.63) is 137 Å². The quantitative estimate of drug-likeness (QED) is 0.303. The number of benzene rings is 4. The maximum atomic E-state index is 14.0. The number of fused-ring (bicyclic) bond motifs is 1. The summed E-state index contributed by atoms with van der Waals surface area (Å²) < 4.78 is 39.8. The first-order chi connectivity index (χ1) is 19.5. The van der Waals surface area contributed by atoms with Gasteiger partial charge in [0.2, 0.25) is 0 Å². The number of nitrogens with one attached hydrogen (secondary N) is 1. The van der Waals surface area contributed by atoms with E-state index in [2.05, 4.69) is 40.5 Å². The molecule has 0 spiro atoms. The molecule has 0 aliphatic carbocycles. The lowest BCUT2D eigenvalue weighted by atomic mass is 9.83. The van der Waals surface area contributed by atoms with Crippen molar-refractivity contribution in [3.8, 4) is 5.75 Å². The van der Waals surface area contributed by atoms with Crippen molar-refractivity contribution in [2.75, 3.05) is 7.11 Å². The van der Waals surface area contributed by atoms with Crippen molar-refractivity contribution in [2.24, 2.45) is 0 Å². The van der Waals surface area contributed by atoms with E-state index in [1.54, 1.807) is 7.11 Å². The molecule has 1 saturated heterocycles. The molecule has 1 N–H and O–H groups in total. The van der Waals surface area contributed by atoms with E-state index in [4.69, 9.17) is 9.47 Å². The number of alkyl carbamates (subject to hydrolysis) is 1. The molecule has 2 aliphatic heterocycles. The molecule has 0 bridgehead atoms. The molecule has 1 amide bonds. The van der Waals surface area contributed by atoms with Crippen LogP contribution in [0.4, 0.5) is 13.6 Å². The third-order valence-corrected chi connectivity index (χ3v) is 7.91. The van der Waals surface area contributed by atoms with Crippen molar-refractivity contribution >= 4 is 6.09 Å². The lowest BCUT2D eigenvalue weighted by molar-refractivity contribution is 0.0183. The molecule has 7 heteroatoms. The zero-order chi connectivity index (χ0) is 27.6. The van der Waals surface area contributed by atoms with Crippen LogP contribution < -0.4 is 10.1 Å². The monoisotopic (exact) mass is 540 g/mol. The summed E-state index contributed by atoms with van der Waals surface area (Å²) in [6.07, 6.45) is -0.245. The molecule has 6 rings (SSSR count). The van der Waals surface area contributed by atoms with Gasteiger partial charge in [-0.05, 0) is 53.3 Å². The Bertz CT molecular complexity index is 1440. The molecule has 4 aromatic rings. The molecule has 204 valence electrons. The Labute approximate surface area is 232 Å². The van der Waals surface area contributed by atoms with E-state index in [0.29, 0.717) is 18.5 Å². The summed E-state index contributed by atoms with van der Waals surface area (Å²) in [5, 5.41) is 2.92. The maximum absolute atomic E-state index is 14.0. The fourth-order valence-electron chi connectivity index (χ4n) is 6.22. The summed E-state index contributed by atoms with van der Waals surface area (Å²) in [5.41, 5.74) is 4.90. The first-order valence-corrected chi connectivity index (χ1v) is 13.4. The molecule has 5 nitrogen and oxygen atoms in total. The number of carbonyl (C=O) groups is 1. The zero-order valence-electron chi connectivity index (χ0n) is 22.1. The fourth-order valence-corrected chi connectivity index (χ4v) is 6.22. The minimum absolute atomic E-state index is 0.142. The van der Waals surface area contributed by atoms with Gasteiger partial charge in [-0.1, -0.05) is 72.8 Å². The van der Waals surface area contributed by atoms with Crippen molar-refractivity contribution in [1.29, 1.82) is 0 Å². The Hall–Kier alpha value is -4.23. The molecule has 3 atom stereocenters. The summed E-state index contributed by atoms with van der Waals surface area (Å²) in [6, 6.07) is 29.2. The summed E-state index contributed by atoms with van der Waals surface area (Å²) in [5.74, 6) is -0.482. The van der Waals surface area contributed by atoms with E-state index >= 15 is 0 Å². The summed E-state index contributed by atoms with van der Waals surface area (Å²) in [4.78, 5) is 15.0. The van der Waals surface area contributed by atoms with Crippen LogP contribution >= 0.6 is 0 Å². The van der Waals surface area contributed by atoms with Gasteiger partial charge in [-0.3, -0.25) is 4.90 Å². The van der Waals surface area contributed by atoms with Gasteiger partial charge < -0.3 is 14.8 Å². The molecular weight excluding hydrogens is 510 g/mol. The predicted molar refractivity (Wildman–Crippen MR) is 148 cm³/mol. The number of nitrogens with zero attached hydrogens (tertiary/aromatic N) is 1. The Balaban J connectivity index is 1.45. The number of rotatable bonds is 7. The van der Waals surface area contributed by atoms with Crippen molar-refractivity contribution in [2.45, 2.75) is 43.6 Å². The average molecular weight is 541 g/mol. The highest BCUT2D eigenvalue weighted by atomic mass is 19.1. The van der Waals surface area contributed by atoms with Crippen LogP contribution in [0.5, 0.6) is 5.75 Å². The standard InChI is InChI=1S/C33H30F2N2O3/c1-39-30-14-8-13-24-18-29(32-28(36-33(38)40-32)17-21-15-25(34)19-26(35)16-21)37(20-27(24)30)31(22-9-4-2-5-10-22)23-11-6-3-7-12-23/h2-16,19,28-29,31-32H,17-18,20H2,1H3,(H,36,38)/t28-,29?,32-/m0/s1. The maximum Gasteiger partial charge on any atom is 0.407 e. The van der Waals surface area contributed by atoms with Gasteiger partial charge in [0, 0.05) is 18.2 Å². The third-order valence-electron chi connectivity index (χ3n) is 7.91. The highest BCUT2D eigenvalue weighted by Crippen LogP contribution is 2.41. The minimum Gasteiger partial charge on any atom is -0.496 e. The van der Waals surface area contributed by atoms with E-state index in [1.165, 1.54) is 12.1 Å². The second-order valence-electron chi connectivity index (χ2n) is 10.4. The lowest BCUT2D eigenvalue weighted by Gasteiger charge is -2.45. The molecule has 0 aromatic heterocycles. The van der Waals surface area contributed by atoms with Crippen LogP contribution in [0.1, 0.15) is 33.9 Å². The lowest BCUT2D eigenvalue weighted by Crippen LogP contribution is -2.53. The number of ether oxygens (including phenoxy) is 2. The van der Waals surface area contributed by atoms with Crippen LogP contribution in [0.3, 0.4) is 0 Å². The van der Waals surface area contributed by atoms with E-state index in [1.807, 2.05) is 48.5 Å². The van der Waals surface area contributed by atoms with Crippen molar-refractivity contribution in [1.82, 2.24) is 10.2 Å². The van der Waals surface area contributed by atoms with Gasteiger partial charge in [0.05, 0.1) is 25.2 Å². The third kappa shape index (κ3) is 5.17. The van der Waals surface area contributed by atoms with Crippen LogP contribution in [0.2, 0.25) is 0 Å². The molecule has 2 aliphatic rings. The smallest absolute Gasteiger partial charge is 0.407 e. The van der Waals surface area contributed by atoms with E-state index in [-0.39, 0.29) is 18.5 Å². The zero-order valence-corrected chi connectivity index (χ0v) is 22.1. The Kier molecular flexibility index (Phi) is 7.22. The highest BCUT2D eigenvalue weighted by Gasteiger charge is 2.46. The molecule has 0 radical (unpaired) electrons. The highest BCUT2D eigenvalue weighted by molar-refractivity contribution is 5.70. The van der Waals surface area contributed by atoms with Crippen LogP contribution in [-0.2, 0) is 24.1 Å². The predicted octanol–water partition coefficient (Wildman–Crippen LogP) is 6.21. The molecule has 40 heavy (non-hydrogen) atoms. The number of hydrogen-bond acceptors (Lipinski definition) is 4. The molecule has 1 fully saturated rings. The Morgan fingerprint density at radius 1 is 0.925 bits per heavy atom. The van der Waals surface area contributed by atoms with Crippen molar-refractivity contribution < 1.29 is 23.0 Å². The van der Waals surface area contributed by atoms with Crippen LogP contribution in [0.15, 0.2) is 97.1 Å². The second-order valence-corrected chi connectivity index (χ2v) is 10.4. The van der Waals surface area contributed by atoms with Crippen molar-refractivity contribution in [3.63, 3.8) is 0 Å². The molecular formula is C33H30F2N2O3. The van der Waals surface area contributed by atoms with Crippen LogP contribution in [0, 0.1) is 11.6 Å². The van der Waals surface area contributed by atoms with Gasteiger partial charge in [0.15, 0.2) is 0 Å². The largest absolute Gasteiger partial charge is 0.496 e. The van der Waals surface area contributed by atoms with Gasteiger partial charge in [-0.15, -0.1) is 0 Å². The molecule has 2 heterocycles. The van der Waals surface area contributed by atoms with Gasteiger partial charge >= 0.3 is 6.09 Å². The van der Waals surface area contributed by atoms with Gasteiger partial charge in [0.1, 0.15) is 23.5 Å². The van der Waals surface area contributed by atoms with E-state index < -0.39 is 29.9 Å². The topological polar surface area (TPSA) is 50.8 Å². The number of cyclic esters (lactones) is 1. The number of amides is 1. The number of carbonyl (C=O) groups excluding carboxylic acids is 1. The van der Waals surface area contributed by atoms with Gasteiger partial charge in [-0.2, -0.15) is 0 Å². The summed E-state index contributed by atoms with van der Waals surface area (Å²) >= 11 is 0. The fraction of sp³-hybridized carbons (Fsp3) is 0.242. The molecule has 0 saturated carbocycles. The average Bonchev–Trinajstić information content (AvgIpc) is 3.32. The van der Waals surface area contributed by atoms with E-state index in [9.17, 15) is 13.6 Å². The normalized spacial score (nSPS) is 20.6. The number of hydrogen-bond donors (Lipinski definition) is 1. The van der Waals surface area contributed by atoms with Gasteiger partial charge in [0.25, 0.3) is 0 Å². The van der Waals surface area contributed by atoms with Crippen LogP contribution in [0.25, 0.3) is 0 Å². The number of methoxy groups -OCH3 is 1. The summed E-state index contributed by atoms with van der Waals surface area (Å²) in [7, 11) is 1.68. The SMILES string of the molecule is COc1cccc2c1CN(C(c1ccccc1)c1ccccc1)C([C@H]1OC(=O)N[C@H]1Cc1cc(F)cc(F)c1)C2. The van der Waals surface area contributed by atoms with E-state index in [0.717, 1.165) is 34.1 Å².